The van der Waals surface area contributed by atoms with E-state index in [1.54, 1.807) is 25.4 Å². The van der Waals surface area contributed by atoms with E-state index >= 15 is 0 Å². The summed E-state index contributed by atoms with van der Waals surface area (Å²) in [7, 11) is 1.59. The highest BCUT2D eigenvalue weighted by Gasteiger charge is 2.08. The molecule has 0 spiro atoms. The largest absolute Gasteiger partial charge is 0.495 e. The predicted molar refractivity (Wildman–Crippen MR) is 78.7 cm³/mol. The summed E-state index contributed by atoms with van der Waals surface area (Å²) in [5, 5.41) is 1.49. The maximum absolute atomic E-state index is 13.0. The normalized spacial score (nSPS) is 10.8. The molecule has 2 nitrogen and oxygen atoms in total. The number of aromatic nitrogens is 1. The topological polar surface area (TPSA) is 22.1 Å². The van der Waals surface area contributed by atoms with Crippen molar-refractivity contribution in [1.82, 2.24) is 4.98 Å². The van der Waals surface area contributed by atoms with Crippen molar-refractivity contribution >= 4 is 22.5 Å². The Morgan fingerprint density at radius 3 is 2.55 bits per heavy atom. The highest BCUT2D eigenvalue weighted by atomic mass is 35.5. The zero-order valence-corrected chi connectivity index (χ0v) is 11.5. The molecule has 0 aliphatic rings. The van der Waals surface area contributed by atoms with Gasteiger partial charge in [-0.3, -0.25) is 4.98 Å². The van der Waals surface area contributed by atoms with Crippen molar-refractivity contribution in [3.63, 3.8) is 0 Å². The Kier molecular flexibility index (Phi) is 3.28. The van der Waals surface area contributed by atoms with Crippen molar-refractivity contribution in [3.05, 3.63) is 59.5 Å². The molecule has 0 N–H and O–H groups in total. The first-order chi connectivity index (χ1) is 9.67. The minimum Gasteiger partial charge on any atom is -0.495 e. The first kappa shape index (κ1) is 12.9. The van der Waals surface area contributed by atoms with Gasteiger partial charge in [-0.2, -0.15) is 0 Å². The van der Waals surface area contributed by atoms with Crippen LogP contribution in [-0.4, -0.2) is 12.1 Å². The van der Waals surface area contributed by atoms with Crippen LogP contribution in [0.15, 0.2) is 48.7 Å². The van der Waals surface area contributed by atoms with Gasteiger partial charge < -0.3 is 4.74 Å². The van der Waals surface area contributed by atoms with Gasteiger partial charge in [-0.1, -0.05) is 23.7 Å². The van der Waals surface area contributed by atoms with Gasteiger partial charge in [-0.05, 0) is 35.9 Å². The summed E-state index contributed by atoms with van der Waals surface area (Å²) in [6.45, 7) is 0. The minimum atomic E-state index is -0.269. The van der Waals surface area contributed by atoms with Crippen molar-refractivity contribution < 1.29 is 9.13 Å². The zero-order chi connectivity index (χ0) is 14.1. The maximum Gasteiger partial charge on any atom is 0.137 e. The van der Waals surface area contributed by atoms with E-state index in [9.17, 15) is 4.39 Å². The molecule has 0 unspecified atom stereocenters. The third-order valence-electron chi connectivity index (χ3n) is 3.11. The fourth-order valence-electron chi connectivity index (χ4n) is 2.15. The molecule has 0 saturated heterocycles. The van der Waals surface area contributed by atoms with Crippen LogP contribution in [-0.2, 0) is 0 Å². The summed E-state index contributed by atoms with van der Waals surface area (Å²) >= 11 is 6.16. The number of rotatable bonds is 2. The van der Waals surface area contributed by atoms with E-state index in [1.807, 2.05) is 18.2 Å². The number of hydrogen-bond donors (Lipinski definition) is 0. The quantitative estimate of drug-likeness (QED) is 0.681. The SMILES string of the molecule is COc1cnc2c(-c3ccc(F)cc3)cc(Cl)cc2c1. The summed E-state index contributed by atoms with van der Waals surface area (Å²) in [5.41, 5.74) is 2.55. The summed E-state index contributed by atoms with van der Waals surface area (Å²) in [6.07, 6.45) is 1.66. The van der Waals surface area contributed by atoms with Gasteiger partial charge >= 0.3 is 0 Å². The van der Waals surface area contributed by atoms with Gasteiger partial charge in [0, 0.05) is 16.0 Å². The number of methoxy groups -OCH3 is 1. The lowest BCUT2D eigenvalue weighted by atomic mass is 10.0. The Bertz CT molecular complexity index is 771. The average molecular weight is 288 g/mol. The van der Waals surface area contributed by atoms with Crippen LogP contribution >= 0.6 is 11.6 Å². The monoisotopic (exact) mass is 287 g/mol. The third kappa shape index (κ3) is 2.32. The van der Waals surface area contributed by atoms with Gasteiger partial charge in [0.2, 0.25) is 0 Å². The number of halogens is 2. The average Bonchev–Trinajstić information content (AvgIpc) is 2.46. The summed E-state index contributed by atoms with van der Waals surface area (Å²) in [6, 6.07) is 11.8. The molecule has 4 heteroatoms. The Morgan fingerprint density at radius 1 is 1.10 bits per heavy atom. The van der Waals surface area contributed by atoms with Crippen LogP contribution in [0.3, 0.4) is 0 Å². The number of nitrogens with zero attached hydrogens (tertiary/aromatic N) is 1. The molecule has 3 rings (SSSR count). The van der Waals surface area contributed by atoms with Crippen LogP contribution in [0.5, 0.6) is 5.75 Å². The van der Waals surface area contributed by atoms with Gasteiger partial charge in [-0.25, -0.2) is 4.39 Å². The summed E-state index contributed by atoms with van der Waals surface area (Å²) in [4.78, 5) is 4.41. The molecule has 100 valence electrons. The summed E-state index contributed by atoms with van der Waals surface area (Å²) in [5.74, 6) is 0.402. The van der Waals surface area contributed by atoms with Crippen LogP contribution in [0.1, 0.15) is 0 Å². The highest BCUT2D eigenvalue weighted by Crippen LogP contribution is 2.32. The third-order valence-corrected chi connectivity index (χ3v) is 3.33. The predicted octanol–water partition coefficient (Wildman–Crippen LogP) is 4.70. The first-order valence-corrected chi connectivity index (χ1v) is 6.44. The fourth-order valence-corrected chi connectivity index (χ4v) is 2.38. The van der Waals surface area contributed by atoms with Crippen molar-refractivity contribution in [2.75, 3.05) is 7.11 Å². The molecule has 2 aromatic carbocycles. The molecule has 0 amide bonds. The van der Waals surface area contributed by atoms with E-state index < -0.39 is 0 Å². The molecule has 0 atom stereocenters. The molecular formula is C16H11ClFNO. The second-order valence-electron chi connectivity index (χ2n) is 4.41. The van der Waals surface area contributed by atoms with E-state index in [-0.39, 0.29) is 5.82 Å². The second kappa shape index (κ2) is 5.10. The molecular weight excluding hydrogens is 277 g/mol. The fraction of sp³-hybridized carbons (Fsp3) is 0.0625. The highest BCUT2D eigenvalue weighted by molar-refractivity contribution is 6.31. The maximum atomic E-state index is 13.0. The number of ether oxygens (including phenoxy) is 1. The molecule has 20 heavy (non-hydrogen) atoms. The molecule has 1 aromatic heterocycles. The standard InChI is InChI=1S/C16H11ClFNO/c1-20-14-7-11-6-12(17)8-15(16(11)19-9-14)10-2-4-13(18)5-3-10/h2-9H,1H3. The van der Waals surface area contributed by atoms with Gasteiger partial charge in [-0.15, -0.1) is 0 Å². The van der Waals surface area contributed by atoms with E-state index in [2.05, 4.69) is 4.98 Å². The smallest absolute Gasteiger partial charge is 0.137 e. The van der Waals surface area contributed by atoms with E-state index in [0.29, 0.717) is 10.8 Å². The van der Waals surface area contributed by atoms with Crippen LogP contribution in [0.2, 0.25) is 5.02 Å². The molecule has 3 aromatic rings. The van der Waals surface area contributed by atoms with E-state index in [0.717, 1.165) is 22.0 Å². The molecule has 0 aliphatic carbocycles. The van der Waals surface area contributed by atoms with Crippen LogP contribution in [0.25, 0.3) is 22.0 Å². The first-order valence-electron chi connectivity index (χ1n) is 6.06. The van der Waals surface area contributed by atoms with Gasteiger partial charge in [0.25, 0.3) is 0 Å². The van der Waals surface area contributed by atoms with Gasteiger partial charge in [0.15, 0.2) is 0 Å². The Balaban J connectivity index is 2.26. The van der Waals surface area contributed by atoms with Crippen LogP contribution in [0, 0.1) is 5.82 Å². The molecule has 0 bridgehead atoms. The lowest BCUT2D eigenvalue weighted by Crippen LogP contribution is -1.89. The van der Waals surface area contributed by atoms with Gasteiger partial charge in [0.05, 0.1) is 18.8 Å². The number of fused-ring (bicyclic) bond motifs is 1. The zero-order valence-electron chi connectivity index (χ0n) is 10.7. The van der Waals surface area contributed by atoms with Crippen molar-refractivity contribution in [2.24, 2.45) is 0 Å². The van der Waals surface area contributed by atoms with E-state index in [4.69, 9.17) is 16.3 Å². The van der Waals surface area contributed by atoms with Crippen molar-refractivity contribution in [3.8, 4) is 16.9 Å². The van der Waals surface area contributed by atoms with Crippen molar-refractivity contribution in [2.45, 2.75) is 0 Å². The summed E-state index contributed by atoms with van der Waals surface area (Å²) < 4.78 is 18.2. The van der Waals surface area contributed by atoms with Crippen LogP contribution in [0.4, 0.5) is 4.39 Å². The Morgan fingerprint density at radius 2 is 1.85 bits per heavy atom. The Hall–Kier alpha value is -2.13. The number of hydrogen-bond acceptors (Lipinski definition) is 2. The molecule has 1 heterocycles. The lowest BCUT2D eigenvalue weighted by molar-refractivity contribution is 0.414. The molecule has 0 radical (unpaired) electrons. The number of pyridine rings is 1. The Labute approximate surface area is 120 Å². The minimum absolute atomic E-state index is 0.269. The van der Waals surface area contributed by atoms with Crippen LogP contribution < -0.4 is 4.74 Å². The second-order valence-corrected chi connectivity index (χ2v) is 4.84. The molecule has 0 fully saturated rings. The lowest BCUT2D eigenvalue weighted by Gasteiger charge is -2.08. The molecule has 0 aliphatic heterocycles. The molecule has 0 saturated carbocycles. The van der Waals surface area contributed by atoms with E-state index in [1.165, 1.54) is 12.1 Å². The van der Waals surface area contributed by atoms with Crippen molar-refractivity contribution in [1.29, 1.82) is 0 Å². The number of benzene rings is 2. The van der Waals surface area contributed by atoms with Gasteiger partial charge in [0.1, 0.15) is 11.6 Å².